The van der Waals surface area contributed by atoms with Gasteiger partial charge in [0.1, 0.15) is 6.04 Å². The third kappa shape index (κ3) is 12.3. The molecular weight excluding hydrogens is 468 g/mol. The molecule has 1 aromatic rings. The lowest BCUT2D eigenvalue weighted by Crippen LogP contribution is -2.50. The Morgan fingerprint density at radius 2 is 1.03 bits per heavy atom. The van der Waals surface area contributed by atoms with Crippen LogP contribution in [0.4, 0.5) is 5.69 Å². The molecule has 0 aromatic heterocycles. The molecule has 1 atom stereocenters. The third-order valence-electron chi connectivity index (χ3n) is 4.98. The van der Waals surface area contributed by atoms with Gasteiger partial charge in [-0.3, -0.25) is 38.7 Å². The van der Waals surface area contributed by atoms with Crippen LogP contribution in [0.15, 0.2) is 24.3 Å². The Morgan fingerprint density at radius 1 is 0.657 bits per heavy atom. The first kappa shape index (κ1) is 29.3. The van der Waals surface area contributed by atoms with E-state index >= 15 is 0 Å². The van der Waals surface area contributed by atoms with Gasteiger partial charge in [0.25, 0.3) is 0 Å². The molecule has 0 aliphatic rings. The second-order valence-corrected chi connectivity index (χ2v) is 7.83. The van der Waals surface area contributed by atoms with Crippen molar-refractivity contribution in [2.45, 2.75) is 12.5 Å². The van der Waals surface area contributed by atoms with E-state index in [1.165, 1.54) is 4.90 Å². The predicted molar refractivity (Wildman–Crippen MR) is 121 cm³/mol. The molecule has 0 fully saturated rings. The van der Waals surface area contributed by atoms with Crippen molar-refractivity contribution in [1.82, 2.24) is 14.7 Å². The summed E-state index contributed by atoms with van der Waals surface area (Å²) in [6.45, 7) is -2.69. The first-order chi connectivity index (χ1) is 16.4. The van der Waals surface area contributed by atoms with E-state index in [0.29, 0.717) is 11.3 Å². The van der Waals surface area contributed by atoms with Crippen molar-refractivity contribution in [3.05, 3.63) is 29.8 Å². The molecule has 0 aliphatic heterocycles. The van der Waals surface area contributed by atoms with Crippen molar-refractivity contribution >= 4 is 35.5 Å². The van der Waals surface area contributed by atoms with Crippen LogP contribution >= 0.6 is 0 Å². The van der Waals surface area contributed by atoms with Crippen LogP contribution in [0.3, 0.4) is 0 Å². The molecule has 0 unspecified atom stereocenters. The van der Waals surface area contributed by atoms with Crippen molar-refractivity contribution in [3.63, 3.8) is 0 Å². The van der Waals surface area contributed by atoms with E-state index in [1.807, 2.05) is 0 Å². The summed E-state index contributed by atoms with van der Waals surface area (Å²) in [7, 11) is 0. The highest BCUT2D eigenvalue weighted by atomic mass is 16.4. The van der Waals surface area contributed by atoms with E-state index in [-0.39, 0.29) is 32.6 Å². The fraction of sp³-hybridized carbons (Fsp3) is 0.476. The second-order valence-electron chi connectivity index (χ2n) is 7.83. The van der Waals surface area contributed by atoms with Gasteiger partial charge in [0, 0.05) is 31.9 Å². The number of benzene rings is 1. The molecule has 0 aliphatic carbocycles. The van der Waals surface area contributed by atoms with Gasteiger partial charge in [-0.15, -0.1) is 0 Å². The number of hydrogen-bond acceptors (Lipinski definition) is 9. The molecule has 0 amide bonds. The maximum Gasteiger partial charge on any atom is 0.321 e. The summed E-state index contributed by atoms with van der Waals surface area (Å²) in [6.07, 6.45) is 0.0192. The third-order valence-corrected chi connectivity index (χ3v) is 4.98. The fourth-order valence-electron chi connectivity index (χ4n) is 3.41. The number of nitrogen functional groups attached to an aromatic ring is 1. The number of rotatable bonds is 18. The lowest BCUT2D eigenvalue weighted by Gasteiger charge is -2.32. The summed E-state index contributed by atoms with van der Waals surface area (Å²) in [5, 5.41) is 46.1. The Labute approximate surface area is 200 Å². The average Bonchev–Trinajstić information content (AvgIpc) is 2.71. The van der Waals surface area contributed by atoms with Gasteiger partial charge in [0.15, 0.2) is 0 Å². The van der Waals surface area contributed by atoms with Gasteiger partial charge in [0.2, 0.25) is 0 Å². The van der Waals surface area contributed by atoms with Gasteiger partial charge < -0.3 is 31.3 Å². The minimum atomic E-state index is -1.26. The van der Waals surface area contributed by atoms with Crippen molar-refractivity contribution in [3.8, 4) is 0 Å². The molecule has 0 heterocycles. The molecule has 194 valence electrons. The van der Waals surface area contributed by atoms with Gasteiger partial charge in [-0.2, -0.15) is 0 Å². The van der Waals surface area contributed by atoms with Crippen LogP contribution in [0.2, 0.25) is 0 Å². The first-order valence-corrected chi connectivity index (χ1v) is 10.5. The first-order valence-electron chi connectivity index (χ1n) is 10.5. The van der Waals surface area contributed by atoms with E-state index < -0.39 is 62.1 Å². The zero-order valence-corrected chi connectivity index (χ0v) is 18.9. The van der Waals surface area contributed by atoms with Crippen LogP contribution in [-0.4, -0.2) is 128 Å². The Balaban J connectivity index is 3.13. The quantitative estimate of drug-likeness (QED) is 0.127. The summed E-state index contributed by atoms with van der Waals surface area (Å²) in [5.74, 6) is -6.26. The molecule has 35 heavy (non-hydrogen) atoms. The van der Waals surface area contributed by atoms with Gasteiger partial charge >= 0.3 is 29.8 Å². The summed E-state index contributed by atoms with van der Waals surface area (Å²) >= 11 is 0. The highest BCUT2D eigenvalue weighted by Crippen LogP contribution is 2.13. The maximum atomic E-state index is 12.1. The van der Waals surface area contributed by atoms with Crippen LogP contribution in [0.25, 0.3) is 0 Å². The van der Waals surface area contributed by atoms with Crippen molar-refractivity contribution in [2.75, 3.05) is 58.1 Å². The molecule has 14 heteroatoms. The Bertz CT molecular complexity index is 821. The molecule has 0 saturated heterocycles. The summed E-state index contributed by atoms with van der Waals surface area (Å²) in [6, 6.07) is 5.34. The number of carbonyl (C=O) groups is 5. The van der Waals surface area contributed by atoms with Gasteiger partial charge in [-0.25, -0.2) is 0 Å². The predicted octanol–water partition coefficient (Wildman–Crippen LogP) is -1.49. The van der Waals surface area contributed by atoms with Crippen LogP contribution in [0, 0.1) is 0 Å². The van der Waals surface area contributed by atoms with Crippen LogP contribution < -0.4 is 5.73 Å². The lowest BCUT2D eigenvalue weighted by atomic mass is 10.0. The van der Waals surface area contributed by atoms with Crippen LogP contribution in [-0.2, 0) is 30.4 Å². The molecule has 7 N–H and O–H groups in total. The van der Waals surface area contributed by atoms with Crippen LogP contribution in [0.5, 0.6) is 0 Å². The molecule has 1 rings (SSSR count). The average molecular weight is 498 g/mol. The largest absolute Gasteiger partial charge is 0.480 e. The van der Waals surface area contributed by atoms with E-state index in [0.717, 1.165) is 9.80 Å². The minimum Gasteiger partial charge on any atom is -0.480 e. The van der Waals surface area contributed by atoms with E-state index in [1.54, 1.807) is 24.3 Å². The van der Waals surface area contributed by atoms with E-state index in [4.69, 9.17) is 26.2 Å². The normalized spacial score (nSPS) is 12.1. The number of nitrogens with zero attached hydrogens (tertiary/aromatic N) is 3. The van der Waals surface area contributed by atoms with Gasteiger partial charge in [-0.1, -0.05) is 12.1 Å². The number of carboxylic acids is 5. The molecule has 0 radical (unpaired) electrons. The zero-order valence-electron chi connectivity index (χ0n) is 18.9. The topological polar surface area (TPSA) is 222 Å². The second kappa shape index (κ2) is 14.5. The number of hydrogen-bond donors (Lipinski definition) is 6. The van der Waals surface area contributed by atoms with Gasteiger partial charge in [0.05, 0.1) is 26.2 Å². The minimum absolute atomic E-state index is 0.0192. The Morgan fingerprint density at radius 3 is 1.34 bits per heavy atom. The zero-order chi connectivity index (χ0) is 26.5. The van der Waals surface area contributed by atoms with Crippen molar-refractivity contribution < 1.29 is 49.5 Å². The standard InChI is InChI=1S/C21H30N4O10/c22-15-3-1-14(2-4-15)9-16(21(34)35)25(7-5-23(10-17(26)27)11-18(28)29)8-6-24(12-19(30)31)13-20(32)33/h1-4,16H,5-13,22H2,(H,26,27)(H,28,29)(H,30,31)(H,32,33)(H,34,35)/t16-/m0/s1. The molecule has 14 nitrogen and oxygen atoms in total. The van der Waals surface area contributed by atoms with Crippen molar-refractivity contribution in [2.24, 2.45) is 0 Å². The van der Waals surface area contributed by atoms with E-state index in [9.17, 15) is 29.1 Å². The Hall–Kier alpha value is -3.75. The highest BCUT2D eigenvalue weighted by molar-refractivity contribution is 5.74. The Kier molecular flexibility index (Phi) is 12.1. The SMILES string of the molecule is Nc1ccc(C[C@@H](C(=O)O)N(CCN(CC(=O)O)CC(=O)O)CCN(CC(=O)O)CC(=O)O)cc1. The monoisotopic (exact) mass is 498 g/mol. The summed E-state index contributed by atoms with van der Waals surface area (Å²) < 4.78 is 0. The molecule has 1 aromatic carbocycles. The highest BCUT2D eigenvalue weighted by Gasteiger charge is 2.28. The lowest BCUT2D eigenvalue weighted by molar-refractivity contribution is -0.146. The number of nitrogens with two attached hydrogens (primary N) is 1. The summed E-state index contributed by atoms with van der Waals surface area (Å²) in [5.41, 5.74) is 6.78. The molecule has 0 spiro atoms. The number of carboxylic acid groups (broad SMARTS) is 5. The van der Waals surface area contributed by atoms with E-state index in [2.05, 4.69) is 0 Å². The smallest absolute Gasteiger partial charge is 0.321 e. The van der Waals surface area contributed by atoms with Gasteiger partial charge in [-0.05, 0) is 24.1 Å². The maximum absolute atomic E-state index is 12.1. The number of anilines is 1. The molecule has 0 saturated carbocycles. The number of aliphatic carboxylic acids is 5. The van der Waals surface area contributed by atoms with Crippen LogP contribution in [0.1, 0.15) is 5.56 Å². The summed E-state index contributed by atoms with van der Waals surface area (Å²) in [4.78, 5) is 60.2. The molecule has 0 bridgehead atoms. The van der Waals surface area contributed by atoms with Crippen molar-refractivity contribution in [1.29, 1.82) is 0 Å². The molecular formula is C21H30N4O10. The fourth-order valence-corrected chi connectivity index (χ4v) is 3.41.